The van der Waals surface area contributed by atoms with Crippen molar-refractivity contribution < 1.29 is 27.4 Å². The van der Waals surface area contributed by atoms with Crippen molar-refractivity contribution in [2.24, 2.45) is 0 Å². The monoisotopic (exact) mass is 204 g/mol. The molecular formula is C3H12O6SSi. The molecule has 70 valence electrons. The fourth-order valence-corrected chi connectivity index (χ4v) is 0.774. The van der Waals surface area contributed by atoms with E-state index in [2.05, 4.69) is 0 Å². The van der Waals surface area contributed by atoms with Crippen molar-refractivity contribution in [3.63, 3.8) is 0 Å². The Bertz CT molecular complexity index is 160. The summed E-state index contributed by atoms with van der Waals surface area (Å²) >= 11 is 0. The van der Waals surface area contributed by atoms with Crippen LogP contribution in [0, 0.1) is 0 Å². The first-order valence-corrected chi connectivity index (χ1v) is 5.94. The minimum atomic E-state index is -3.67. The van der Waals surface area contributed by atoms with Crippen LogP contribution in [0.1, 0.15) is 13.3 Å². The lowest BCUT2D eigenvalue weighted by Gasteiger charge is -1.85. The number of rotatable bonds is 2. The second-order valence-electron chi connectivity index (χ2n) is 1.63. The van der Waals surface area contributed by atoms with Gasteiger partial charge in [0.25, 0.3) is 10.1 Å². The van der Waals surface area contributed by atoms with Gasteiger partial charge in [0.1, 0.15) is 0 Å². The lowest BCUT2D eigenvalue weighted by Crippen LogP contribution is -2.07. The zero-order valence-electron chi connectivity index (χ0n) is 6.01. The van der Waals surface area contributed by atoms with E-state index >= 15 is 0 Å². The van der Waals surface area contributed by atoms with Crippen LogP contribution in [0.4, 0.5) is 0 Å². The smallest absolute Gasteiger partial charge is 0.392 e. The van der Waals surface area contributed by atoms with Crippen molar-refractivity contribution in [3.05, 3.63) is 0 Å². The molecule has 0 atom stereocenters. The molecule has 4 N–H and O–H groups in total. The summed E-state index contributed by atoms with van der Waals surface area (Å²) < 4.78 is 27.6. The Balaban J connectivity index is 0. The summed E-state index contributed by atoms with van der Waals surface area (Å²) in [5.74, 6) is -0.132. The topological polar surface area (TPSA) is 115 Å². The standard InChI is InChI=1S/C3H8O3S.H4O3Si/c1-2-3-7(4,5)6;1-4(2)3/h2-3H2,1H3,(H,4,5,6);1-4H. The van der Waals surface area contributed by atoms with Crippen molar-refractivity contribution >= 4 is 19.6 Å². The third-order valence-corrected chi connectivity index (χ3v) is 1.39. The Labute approximate surface area is 66.8 Å². The van der Waals surface area contributed by atoms with Crippen molar-refractivity contribution in [2.75, 3.05) is 5.75 Å². The lowest BCUT2D eigenvalue weighted by molar-refractivity contribution is 0.278. The molecule has 0 aliphatic rings. The highest BCUT2D eigenvalue weighted by molar-refractivity contribution is 7.85. The van der Waals surface area contributed by atoms with E-state index in [0.717, 1.165) is 0 Å². The zero-order chi connectivity index (χ0) is 9.49. The second-order valence-corrected chi connectivity index (χ2v) is 3.90. The van der Waals surface area contributed by atoms with Gasteiger partial charge in [-0.25, -0.2) is 0 Å². The van der Waals surface area contributed by atoms with Gasteiger partial charge in [-0.05, 0) is 6.42 Å². The van der Waals surface area contributed by atoms with Crippen LogP contribution in [0.3, 0.4) is 0 Å². The molecule has 0 unspecified atom stereocenters. The zero-order valence-corrected chi connectivity index (χ0v) is 7.98. The van der Waals surface area contributed by atoms with E-state index in [1.807, 2.05) is 0 Å². The highest BCUT2D eigenvalue weighted by atomic mass is 32.2. The Morgan fingerprint density at radius 1 is 1.27 bits per heavy atom. The third kappa shape index (κ3) is 40.0. The van der Waals surface area contributed by atoms with Gasteiger partial charge >= 0.3 is 9.53 Å². The van der Waals surface area contributed by atoms with E-state index in [1.54, 1.807) is 6.92 Å². The van der Waals surface area contributed by atoms with E-state index in [4.69, 9.17) is 18.9 Å². The normalized spacial score (nSPS) is 10.7. The maximum Gasteiger partial charge on any atom is 0.475 e. The molecule has 0 aliphatic heterocycles. The quantitative estimate of drug-likeness (QED) is 0.304. The highest BCUT2D eigenvalue weighted by Gasteiger charge is 1.98. The predicted octanol–water partition coefficient (Wildman–Crippen LogP) is -2.04. The summed E-state index contributed by atoms with van der Waals surface area (Å²) in [6.07, 6.45) is 0.471. The minimum Gasteiger partial charge on any atom is -0.392 e. The van der Waals surface area contributed by atoms with Crippen LogP contribution in [0.2, 0.25) is 0 Å². The van der Waals surface area contributed by atoms with Gasteiger partial charge in [-0.15, -0.1) is 0 Å². The van der Waals surface area contributed by atoms with Crippen LogP contribution < -0.4 is 0 Å². The van der Waals surface area contributed by atoms with Gasteiger partial charge in [0.2, 0.25) is 0 Å². The predicted molar refractivity (Wildman–Crippen MR) is 40.5 cm³/mol. The first-order chi connectivity index (χ1) is 4.79. The number of hydrogen-bond donors (Lipinski definition) is 4. The Morgan fingerprint density at radius 3 is 1.55 bits per heavy atom. The van der Waals surface area contributed by atoms with Gasteiger partial charge in [0.15, 0.2) is 0 Å². The molecule has 0 aromatic rings. The SMILES string of the molecule is CCCS(=O)(=O)O.O[SiH](O)O. The molecule has 0 rings (SSSR count). The van der Waals surface area contributed by atoms with Crippen LogP contribution in [-0.4, -0.2) is 42.6 Å². The molecule has 0 saturated carbocycles. The van der Waals surface area contributed by atoms with E-state index in [9.17, 15) is 8.42 Å². The maximum absolute atomic E-state index is 9.79. The van der Waals surface area contributed by atoms with Crippen molar-refractivity contribution in [1.29, 1.82) is 0 Å². The summed E-state index contributed by atoms with van der Waals surface area (Å²) in [6, 6.07) is 0. The van der Waals surface area contributed by atoms with E-state index in [-0.39, 0.29) is 5.75 Å². The molecule has 0 aromatic heterocycles. The first kappa shape index (κ1) is 13.6. The Morgan fingerprint density at radius 2 is 1.55 bits per heavy atom. The summed E-state index contributed by atoms with van der Waals surface area (Å²) in [5.41, 5.74) is 0. The van der Waals surface area contributed by atoms with Crippen molar-refractivity contribution in [2.45, 2.75) is 13.3 Å². The van der Waals surface area contributed by atoms with Gasteiger partial charge in [-0.1, -0.05) is 6.92 Å². The molecule has 0 fully saturated rings. The molecule has 0 saturated heterocycles. The first-order valence-electron chi connectivity index (χ1n) is 2.79. The Kier molecular flexibility index (Phi) is 8.28. The molecular weight excluding hydrogens is 192 g/mol. The van der Waals surface area contributed by atoms with Crippen LogP contribution in [-0.2, 0) is 10.1 Å². The maximum atomic E-state index is 9.79. The van der Waals surface area contributed by atoms with Gasteiger partial charge < -0.3 is 14.4 Å². The fraction of sp³-hybridized carbons (Fsp3) is 1.00. The molecule has 0 aromatic carbocycles. The van der Waals surface area contributed by atoms with Gasteiger partial charge in [-0.2, -0.15) is 8.42 Å². The minimum absolute atomic E-state index is 0.132. The second kappa shape index (κ2) is 6.70. The molecule has 0 bridgehead atoms. The molecule has 0 spiro atoms. The fourth-order valence-electron chi connectivity index (χ4n) is 0.258. The van der Waals surface area contributed by atoms with E-state index in [0.29, 0.717) is 6.42 Å². The lowest BCUT2D eigenvalue weighted by atomic mass is 10.6. The van der Waals surface area contributed by atoms with Crippen LogP contribution >= 0.6 is 0 Å². The molecule has 8 heteroatoms. The van der Waals surface area contributed by atoms with Crippen LogP contribution in [0.15, 0.2) is 0 Å². The molecule has 6 nitrogen and oxygen atoms in total. The summed E-state index contributed by atoms with van der Waals surface area (Å²) in [6.45, 7) is 1.69. The molecule has 0 amide bonds. The third-order valence-electron chi connectivity index (χ3n) is 0.462. The van der Waals surface area contributed by atoms with Gasteiger partial charge in [0, 0.05) is 0 Å². The van der Waals surface area contributed by atoms with Crippen LogP contribution in [0.5, 0.6) is 0 Å². The molecule has 0 heterocycles. The van der Waals surface area contributed by atoms with Gasteiger partial charge in [-0.3, -0.25) is 4.55 Å². The average Bonchev–Trinajstić information content (AvgIpc) is 1.58. The van der Waals surface area contributed by atoms with E-state index < -0.39 is 19.6 Å². The average molecular weight is 204 g/mol. The van der Waals surface area contributed by atoms with Crippen molar-refractivity contribution in [1.82, 2.24) is 0 Å². The Hall–Kier alpha value is 0.00688. The van der Waals surface area contributed by atoms with Crippen molar-refractivity contribution in [3.8, 4) is 0 Å². The molecule has 0 aliphatic carbocycles. The summed E-state index contributed by atoms with van der Waals surface area (Å²) in [4.78, 5) is 21.9. The molecule has 11 heavy (non-hydrogen) atoms. The van der Waals surface area contributed by atoms with E-state index in [1.165, 1.54) is 0 Å². The van der Waals surface area contributed by atoms with Crippen LogP contribution in [0.25, 0.3) is 0 Å². The largest absolute Gasteiger partial charge is 0.475 e. The van der Waals surface area contributed by atoms with Gasteiger partial charge in [0.05, 0.1) is 5.75 Å². The highest BCUT2D eigenvalue weighted by Crippen LogP contribution is 1.83. The summed E-state index contributed by atoms with van der Waals surface area (Å²) in [5, 5.41) is 0. The molecule has 0 radical (unpaired) electrons. The number of hydrogen-bond acceptors (Lipinski definition) is 5. The summed E-state index contributed by atoms with van der Waals surface area (Å²) in [7, 11) is -6.81.